The van der Waals surface area contributed by atoms with E-state index in [-0.39, 0.29) is 108 Å². The van der Waals surface area contributed by atoms with Gasteiger partial charge in [0, 0.05) is 42.0 Å². The second-order valence-electron chi connectivity index (χ2n) is 31.9. The van der Waals surface area contributed by atoms with Gasteiger partial charge in [0.15, 0.2) is 11.6 Å². The molecular formula is C69H113NO11S. The maximum atomic E-state index is 14.3. The van der Waals surface area contributed by atoms with E-state index in [1.807, 2.05) is 0 Å². The smallest absolute Gasteiger partial charge is 0.311 e. The van der Waals surface area contributed by atoms with Gasteiger partial charge >= 0.3 is 11.9 Å². The van der Waals surface area contributed by atoms with E-state index in [9.17, 15) is 29.1 Å². The average molecular weight is 1160 g/mol. The highest BCUT2D eigenvalue weighted by molar-refractivity contribution is 7.93. The fourth-order valence-corrected chi connectivity index (χ4v) is 21.8. The monoisotopic (exact) mass is 1160 g/mol. The van der Waals surface area contributed by atoms with Crippen molar-refractivity contribution in [2.45, 2.75) is 239 Å². The lowest BCUT2D eigenvalue weighted by Gasteiger charge is -2.70. The Kier molecular flexibility index (Phi) is 19.0. The number of nitrogens with zero attached hydrogens (tertiary/aromatic N) is 1. The molecular weight excluding hydrogens is 1050 g/mol. The van der Waals surface area contributed by atoms with E-state index < -0.39 is 10.8 Å². The van der Waals surface area contributed by atoms with Crippen molar-refractivity contribution >= 4 is 41.3 Å². The first-order valence-corrected chi connectivity index (χ1v) is 33.2. The van der Waals surface area contributed by atoms with Crippen molar-refractivity contribution in [2.24, 2.45) is 100 Å². The lowest BCUT2D eigenvalue weighted by molar-refractivity contribution is -0.432. The van der Waals surface area contributed by atoms with E-state index in [2.05, 4.69) is 144 Å². The molecule has 0 heterocycles. The van der Waals surface area contributed by atoms with Crippen molar-refractivity contribution in [3.8, 4) is 0 Å². The summed E-state index contributed by atoms with van der Waals surface area (Å²) in [5.41, 5.74) is 0.834. The summed E-state index contributed by atoms with van der Waals surface area (Å²) in [7, 11) is 3.00. The summed E-state index contributed by atoms with van der Waals surface area (Å²) in [6.07, 6.45) is 22.5. The molecule has 8 saturated carbocycles. The minimum absolute atomic E-state index is 0.00536. The number of carbonyl (C=O) groups is 5. The Balaban J connectivity index is 0.000000197. The summed E-state index contributed by atoms with van der Waals surface area (Å²) in [5, 5.41) is 21.4. The first kappa shape index (κ1) is 67.1. The minimum Gasteiger partial charge on any atom is -0.469 e. The maximum Gasteiger partial charge on any atom is 0.311 e. The highest BCUT2D eigenvalue weighted by Crippen LogP contribution is 2.77. The third-order valence-electron chi connectivity index (χ3n) is 27.7. The number of methoxy groups -OCH3 is 2. The second kappa shape index (κ2) is 23.3. The van der Waals surface area contributed by atoms with Crippen molar-refractivity contribution < 1.29 is 53.2 Å². The number of Topliss-reactive ketones (excluding diaryl/α,β-unsaturated/α-hetero) is 1. The number of fused-ring (bicyclic) bond motifs is 14. The predicted octanol–water partition coefficient (Wildman–Crippen LogP) is 15.2. The maximum absolute atomic E-state index is 14.3. The van der Waals surface area contributed by atoms with Gasteiger partial charge in [-0.15, -0.1) is 4.33 Å². The van der Waals surface area contributed by atoms with Gasteiger partial charge in [0.2, 0.25) is 0 Å². The molecule has 0 amide bonds. The summed E-state index contributed by atoms with van der Waals surface area (Å²) in [6.45, 7) is 42.2. The van der Waals surface area contributed by atoms with Gasteiger partial charge in [-0.2, -0.15) is 0 Å². The fraction of sp³-hybridized carbons (Fsp3) is 0.870. The largest absolute Gasteiger partial charge is 0.469 e. The van der Waals surface area contributed by atoms with Crippen LogP contribution in [-0.2, 0) is 42.8 Å². The van der Waals surface area contributed by atoms with Gasteiger partial charge in [-0.1, -0.05) is 120 Å². The molecule has 0 bridgehead atoms. The normalized spacial score (nSPS) is 45.6. The fourth-order valence-electron chi connectivity index (χ4n) is 21.7. The summed E-state index contributed by atoms with van der Waals surface area (Å²) in [4.78, 5) is 69.5. The molecule has 10 rings (SSSR count). The molecule has 0 aromatic rings. The summed E-state index contributed by atoms with van der Waals surface area (Å²) < 4.78 is 14.3. The van der Waals surface area contributed by atoms with Crippen LogP contribution in [0.2, 0.25) is 0 Å². The van der Waals surface area contributed by atoms with Gasteiger partial charge in [0.05, 0.1) is 31.2 Å². The van der Waals surface area contributed by atoms with Crippen LogP contribution in [0.4, 0.5) is 0 Å². The van der Waals surface area contributed by atoms with Crippen molar-refractivity contribution in [1.82, 2.24) is 4.90 Å². The zero-order valence-corrected chi connectivity index (χ0v) is 55.8. The zero-order valence-electron chi connectivity index (χ0n) is 55.0. The molecule has 12 nitrogen and oxygen atoms in total. The van der Waals surface area contributed by atoms with E-state index in [1.165, 1.54) is 45.0 Å². The quantitative estimate of drug-likeness (QED) is 0.107. The Morgan fingerprint density at radius 3 is 1.34 bits per heavy atom. The number of ether oxygens (including phenoxy) is 2. The molecule has 0 radical (unpaired) electrons. The lowest BCUT2D eigenvalue weighted by Crippen LogP contribution is -2.66. The molecule has 0 aliphatic heterocycles. The average Bonchev–Trinajstić information content (AvgIpc) is 0.755. The van der Waals surface area contributed by atoms with Crippen LogP contribution in [0.1, 0.15) is 233 Å². The predicted molar refractivity (Wildman–Crippen MR) is 326 cm³/mol. The molecule has 10 aliphatic rings. The molecule has 8 fully saturated rings. The number of rotatable bonds is 7. The highest BCUT2D eigenvalue weighted by Gasteiger charge is 2.72. The number of hydrogen-bond donors (Lipinski definition) is 2. The molecule has 0 spiro atoms. The van der Waals surface area contributed by atoms with Gasteiger partial charge in [0.1, 0.15) is 5.78 Å². The highest BCUT2D eigenvalue weighted by atomic mass is 32.2. The number of ketones is 3. The Morgan fingerprint density at radius 1 is 0.573 bits per heavy atom. The number of esters is 2. The van der Waals surface area contributed by atoms with E-state index in [0.29, 0.717) is 23.9 Å². The SMILES string of the molecule is CCN(CC)CC.COC(=O)[C@@]1(C)CC[C@]2(C)CC[C@]3(C)C(=CC(=O)[C@@H]4[C@@]5(C)CCC(=O)C(C)(C)[C@@H]5CC[C@]43C)C2C1.COC(=O)[C@@]1(C)CC[C@]2(C)CC[C@]3(C)C(=CC(=O)[C@@H]4[C@@]5(C)CC[C@H](O)C(C)(C)[C@@H]5CC[C@]43C)C2C1.CSOOO. The van der Waals surface area contributed by atoms with Crippen LogP contribution in [0.3, 0.4) is 0 Å². The number of aliphatic hydroxyl groups is 1. The Morgan fingerprint density at radius 2 is 0.976 bits per heavy atom. The van der Waals surface area contributed by atoms with Crippen molar-refractivity contribution in [2.75, 3.05) is 40.1 Å². The van der Waals surface area contributed by atoms with Crippen LogP contribution in [-0.4, -0.2) is 90.8 Å². The van der Waals surface area contributed by atoms with Crippen LogP contribution in [0.5, 0.6) is 0 Å². The van der Waals surface area contributed by atoms with Crippen LogP contribution < -0.4 is 0 Å². The molecule has 10 aliphatic carbocycles. The van der Waals surface area contributed by atoms with Crippen LogP contribution >= 0.6 is 12.0 Å². The molecule has 2 N–H and O–H groups in total. The first-order chi connectivity index (χ1) is 37.9. The van der Waals surface area contributed by atoms with Crippen molar-refractivity contribution in [1.29, 1.82) is 0 Å². The third kappa shape index (κ3) is 10.4. The zero-order chi connectivity index (χ0) is 61.5. The standard InChI is InChI=1S/C31H48O4.C31H46O4.C6H15N.CH4O3S/c2*1-26(2)22-9-12-31(7)24(29(22,5)11-10-23(26)33)21(32)17-19-20-18-28(4,25(34)35-8)14-13-27(20,3)15-16-30(19,31)6;1-4-7(5-2)6-3;1-5-4-3-2/h17,20,22-24,33H,9-16,18H2,1-8H3;17,20,22,24H,9-16,18H2,1-8H3;4-6H2,1-3H3;2H,1H3/t20?,22-,23-,24+,27+,28-,29-,30+,31+;20?,22-,24+,27+,28-,29-,30+,31+;;/m00../s1. The number of hydrogen-bond acceptors (Lipinski definition) is 13. The molecule has 0 aromatic carbocycles. The summed E-state index contributed by atoms with van der Waals surface area (Å²) >= 11 is 0.929. The Hall–Kier alpha value is -2.42. The topological polar surface area (TPSA) is 166 Å². The van der Waals surface area contributed by atoms with Crippen LogP contribution in [0, 0.1) is 100 Å². The number of aliphatic hydroxyl groups excluding tert-OH is 1. The number of carbonyl (C=O) groups excluding carboxylic acids is 5. The van der Waals surface area contributed by atoms with Gasteiger partial charge in [0.25, 0.3) is 0 Å². The van der Waals surface area contributed by atoms with Gasteiger partial charge in [-0.3, -0.25) is 24.0 Å². The first-order valence-electron chi connectivity index (χ1n) is 32.1. The van der Waals surface area contributed by atoms with Gasteiger partial charge in [-0.25, -0.2) is 5.26 Å². The Bertz CT molecular complexity index is 2490. The van der Waals surface area contributed by atoms with Crippen LogP contribution in [0.15, 0.2) is 23.3 Å². The Labute approximate surface area is 500 Å². The lowest BCUT2D eigenvalue weighted by atomic mass is 9.33. The molecule has 0 saturated heterocycles. The number of allylic oxidation sites excluding steroid dienone is 4. The van der Waals surface area contributed by atoms with E-state index in [1.54, 1.807) is 6.26 Å². The molecule has 13 heteroatoms. The van der Waals surface area contributed by atoms with Gasteiger partial charge in [-0.05, 0) is 227 Å². The van der Waals surface area contributed by atoms with E-state index in [4.69, 9.17) is 14.7 Å². The second-order valence-corrected chi connectivity index (χ2v) is 32.4. The summed E-state index contributed by atoms with van der Waals surface area (Å²) in [5.74, 6) is 1.78. The van der Waals surface area contributed by atoms with Crippen molar-refractivity contribution in [3.05, 3.63) is 23.3 Å². The molecule has 0 aromatic heterocycles. The molecule has 466 valence electrons. The van der Waals surface area contributed by atoms with Crippen molar-refractivity contribution in [3.63, 3.8) is 0 Å². The van der Waals surface area contributed by atoms with E-state index in [0.717, 1.165) is 121 Å². The van der Waals surface area contributed by atoms with Gasteiger partial charge < -0.3 is 19.5 Å². The summed E-state index contributed by atoms with van der Waals surface area (Å²) in [6, 6.07) is 0. The van der Waals surface area contributed by atoms with E-state index >= 15 is 0 Å². The third-order valence-corrected chi connectivity index (χ3v) is 27.9. The minimum atomic E-state index is -0.490. The molecule has 82 heavy (non-hydrogen) atoms. The molecule has 2 unspecified atom stereocenters. The molecule has 17 atom stereocenters. The van der Waals surface area contributed by atoms with Crippen LogP contribution in [0.25, 0.3) is 0 Å².